The number of carbonyl (C=O) groups excluding carboxylic acids is 2. The number of hydrogen-bond acceptors (Lipinski definition) is 5. The fourth-order valence-corrected chi connectivity index (χ4v) is 3.50. The molecule has 0 amide bonds. The van der Waals surface area contributed by atoms with Gasteiger partial charge in [-0.2, -0.15) is 0 Å². The number of aromatic nitrogens is 1. The number of carbonyl (C=O) groups is 2. The highest BCUT2D eigenvalue weighted by Crippen LogP contribution is 2.34. The predicted octanol–water partition coefficient (Wildman–Crippen LogP) is 4.90. The first kappa shape index (κ1) is 18.6. The monoisotopic (exact) mass is 385 g/mol. The molecule has 0 saturated carbocycles. The van der Waals surface area contributed by atoms with Crippen molar-refractivity contribution in [2.24, 2.45) is 0 Å². The zero-order chi connectivity index (χ0) is 20.4. The van der Waals surface area contributed by atoms with Crippen LogP contribution in [0.1, 0.15) is 23.0 Å². The van der Waals surface area contributed by atoms with Crippen molar-refractivity contribution < 1.29 is 19.1 Å². The Morgan fingerprint density at radius 1 is 0.862 bits per heavy atom. The van der Waals surface area contributed by atoms with Crippen molar-refractivity contribution in [2.75, 3.05) is 7.11 Å². The molecule has 5 nitrogen and oxygen atoms in total. The van der Waals surface area contributed by atoms with Crippen LogP contribution in [0, 0.1) is 0 Å². The van der Waals surface area contributed by atoms with Crippen molar-refractivity contribution >= 4 is 33.6 Å². The topological polar surface area (TPSA) is 65.5 Å². The number of rotatable bonds is 4. The smallest absolute Gasteiger partial charge is 0.356 e. The molecule has 0 aliphatic carbocycles. The van der Waals surface area contributed by atoms with Crippen molar-refractivity contribution in [3.63, 3.8) is 0 Å². The van der Waals surface area contributed by atoms with Crippen LogP contribution in [0.15, 0.2) is 66.7 Å². The van der Waals surface area contributed by atoms with E-state index >= 15 is 0 Å². The second-order valence-corrected chi connectivity index (χ2v) is 6.66. The third-order valence-electron chi connectivity index (χ3n) is 4.85. The number of hydrogen-bond donors (Lipinski definition) is 0. The lowest BCUT2D eigenvalue weighted by molar-refractivity contribution is -0.142. The average Bonchev–Trinajstić information content (AvgIpc) is 2.75. The van der Waals surface area contributed by atoms with E-state index in [1.165, 1.54) is 14.0 Å². The molecule has 144 valence electrons. The molecule has 29 heavy (non-hydrogen) atoms. The van der Waals surface area contributed by atoms with Crippen molar-refractivity contribution in [1.29, 1.82) is 0 Å². The molecule has 4 rings (SSSR count). The SMILES string of the molecule is COC(=O)c1ccc2cccc(-c3cccc4c(COC(C)=O)cccc34)c2n1. The average molecular weight is 385 g/mol. The van der Waals surface area contributed by atoms with Gasteiger partial charge in [0.15, 0.2) is 0 Å². The van der Waals surface area contributed by atoms with Gasteiger partial charge < -0.3 is 9.47 Å². The number of ether oxygens (including phenoxy) is 2. The van der Waals surface area contributed by atoms with Gasteiger partial charge in [0.25, 0.3) is 0 Å². The normalized spacial score (nSPS) is 10.8. The Morgan fingerprint density at radius 2 is 1.59 bits per heavy atom. The first-order valence-electron chi connectivity index (χ1n) is 9.21. The van der Waals surface area contributed by atoms with E-state index in [1.54, 1.807) is 6.07 Å². The van der Waals surface area contributed by atoms with Crippen molar-refractivity contribution in [1.82, 2.24) is 4.98 Å². The standard InChI is InChI=1S/C24H19NO4/c1-15(26)29-14-17-7-4-9-19-18(17)8-5-10-20(19)21-11-3-6-16-12-13-22(24(27)28-2)25-23(16)21/h3-13H,14H2,1-2H3. The summed E-state index contributed by atoms with van der Waals surface area (Å²) < 4.78 is 10.0. The van der Waals surface area contributed by atoms with Gasteiger partial charge in [0.1, 0.15) is 12.3 Å². The molecule has 0 radical (unpaired) electrons. The van der Waals surface area contributed by atoms with Crippen LogP contribution in [0.25, 0.3) is 32.8 Å². The summed E-state index contributed by atoms with van der Waals surface area (Å²) in [6.07, 6.45) is 0. The van der Waals surface area contributed by atoms with Crippen molar-refractivity contribution in [3.05, 3.63) is 78.0 Å². The van der Waals surface area contributed by atoms with Crippen LogP contribution in [-0.2, 0) is 20.9 Å². The Kier molecular flexibility index (Phi) is 4.96. The predicted molar refractivity (Wildman–Crippen MR) is 111 cm³/mol. The van der Waals surface area contributed by atoms with Gasteiger partial charge in [0, 0.05) is 17.9 Å². The molecule has 3 aromatic carbocycles. The lowest BCUT2D eigenvalue weighted by Gasteiger charge is -2.13. The lowest BCUT2D eigenvalue weighted by atomic mass is 9.94. The second kappa shape index (κ2) is 7.72. The molecule has 0 spiro atoms. The Balaban J connectivity index is 1.93. The molecule has 0 saturated heterocycles. The maximum Gasteiger partial charge on any atom is 0.356 e. The van der Waals surface area contributed by atoms with E-state index < -0.39 is 5.97 Å². The van der Waals surface area contributed by atoms with E-state index in [0.717, 1.165) is 38.4 Å². The molecule has 5 heteroatoms. The van der Waals surface area contributed by atoms with Gasteiger partial charge in [0.2, 0.25) is 0 Å². The first-order chi connectivity index (χ1) is 14.1. The number of benzene rings is 3. The fraction of sp³-hybridized carbons (Fsp3) is 0.125. The highest BCUT2D eigenvalue weighted by molar-refractivity contribution is 6.05. The zero-order valence-corrected chi connectivity index (χ0v) is 16.1. The quantitative estimate of drug-likeness (QED) is 0.467. The van der Waals surface area contributed by atoms with E-state index in [-0.39, 0.29) is 18.3 Å². The van der Waals surface area contributed by atoms with E-state index in [4.69, 9.17) is 9.47 Å². The molecule has 1 heterocycles. The summed E-state index contributed by atoms with van der Waals surface area (Å²) in [5.74, 6) is -0.782. The highest BCUT2D eigenvalue weighted by Gasteiger charge is 2.14. The molecule has 0 aliphatic heterocycles. The Morgan fingerprint density at radius 3 is 2.38 bits per heavy atom. The summed E-state index contributed by atoms with van der Waals surface area (Å²) in [4.78, 5) is 27.8. The molecule has 0 aliphatic rings. The minimum absolute atomic E-state index is 0.219. The number of para-hydroxylation sites is 1. The van der Waals surface area contributed by atoms with Crippen LogP contribution in [0.3, 0.4) is 0 Å². The van der Waals surface area contributed by atoms with Gasteiger partial charge in [-0.3, -0.25) is 4.79 Å². The summed E-state index contributed by atoms with van der Waals surface area (Å²) in [5, 5.41) is 2.96. The van der Waals surface area contributed by atoms with Crippen LogP contribution in [0.2, 0.25) is 0 Å². The molecule has 0 N–H and O–H groups in total. The van der Waals surface area contributed by atoms with E-state index in [9.17, 15) is 9.59 Å². The third kappa shape index (κ3) is 3.55. The molecular formula is C24H19NO4. The van der Waals surface area contributed by atoms with Crippen molar-refractivity contribution in [3.8, 4) is 11.1 Å². The van der Waals surface area contributed by atoms with Gasteiger partial charge >= 0.3 is 11.9 Å². The van der Waals surface area contributed by atoms with Crippen LogP contribution in [-0.4, -0.2) is 24.0 Å². The Hall–Kier alpha value is -3.73. The maximum absolute atomic E-state index is 12.0. The molecular weight excluding hydrogens is 366 g/mol. The summed E-state index contributed by atoms with van der Waals surface area (Å²) >= 11 is 0. The van der Waals surface area contributed by atoms with Crippen LogP contribution < -0.4 is 0 Å². The minimum Gasteiger partial charge on any atom is -0.464 e. The summed E-state index contributed by atoms with van der Waals surface area (Å²) in [7, 11) is 1.34. The molecule has 4 aromatic rings. The van der Waals surface area contributed by atoms with Crippen LogP contribution >= 0.6 is 0 Å². The lowest BCUT2D eigenvalue weighted by Crippen LogP contribution is -2.04. The number of esters is 2. The van der Waals surface area contributed by atoms with Crippen molar-refractivity contribution in [2.45, 2.75) is 13.5 Å². The van der Waals surface area contributed by atoms with E-state index in [2.05, 4.69) is 4.98 Å². The summed E-state index contributed by atoms with van der Waals surface area (Å²) in [5.41, 5.74) is 3.84. The molecule has 0 atom stereocenters. The first-order valence-corrected chi connectivity index (χ1v) is 9.21. The Labute approximate surface area is 167 Å². The molecule has 1 aromatic heterocycles. The number of pyridine rings is 1. The molecule has 0 bridgehead atoms. The highest BCUT2D eigenvalue weighted by atomic mass is 16.5. The Bertz CT molecular complexity index is 1250. The molecule has 0 fully saturated rings. The number of methoxy groups -OCH3 is 1. The second-order valence-electron chi connectivity index (χ2n) is 6.66. The largest absolute Gasteiger partial charge is 0.464 e. The zero-order valence-electron chi connectivity index (χ0n) is 16.1. The van der Waals surface area contributed by atoms with Gasteiger partial charge in [-0.25, -0.2) is 9.78 Å². The van der Waals surface area contributed by atoms with Gasteiger partial charge in [-0.1, -0.05) is 60.7 Å². The maximum atomic E-state index is 12.0. The summed E-state index contributed by atoms with van der Waals surface area (Å²) in [6, 6.07) is 21.4. The van der Waals surface area contributed by atoms with Gasteiger partial charge in [-0.05, 0) is 28.0 Å². The summed E-state index contributed by atoms with van der Waals surface area (Å²) in [6.45, 7) is 1.62. The van der Waals surface area contributed by atoms with E-state index in [1.807, 2.05) is 60.7 Å². The third-order valence-corrected chi connectivity index (χ3v) is 4.85. The van der Waals surface area contributed by atoms with Crippen LogP contribution in [0.5, 0.6) is 0 Å². The number of nitrogens with zero attached hydrogens (tertiary/aromatic N) is 1. The van der Waals surface area contributed by atoms with Crippen LogP contribution in [0.4, 0.5) is 0 Å². The van der Waals surface area contributed by atoms with E-state index in [0.29, 0.717) is 0 Å². The van der Waals surface area contributed by atoms with Gasteiger partial charge in [0.05, 0.1) is 12.6 Å². The fourth-order valence-electron chi connectivity index (χ4n) is 3.50. The number of fused-ring (bicyclic) bond motifs is 2. The molecule has 0 unspecified atom stereocenters. The van der Waals surface area contributed by atoms with Gasteiger partial charge in [-0.15, -0.1) is 0 Å². The minimum atomic E-state index is -0.469.